The first kappa shape index (κ1) is 11.9. The van der Waals surface area contributed by atoms with Gasteiger partial charge in [0.05, 0.1) is 0 Å². The summed E-state index contributed by atoms with van der Waals surface area (Å²) in [6.07, 6.45) is 0.927. The van der Waals surface area contributed by atoms with Crippen molar-refractivity contribution >= 4 is 19.1 Å². The summed E-state index contributed by atoms with van der Waals surface area (Å²) in [6.45, 7) is 4.48. The molecule has 0 fully saturated rings. The second kappa shape index (κ2) is 15.7. The summed E-state index contributed by atoms with van der Waals surface area (Å²) >= 11 is -0.106. The molecule has 0 unspecified atom stereocenters. The third kappa shape index (κ3) is 27.0. The Labute approximate surface area is 67.2 Å². The van der Waals surface area contributed by atoms with Crippen molar-refractivity contribution in [2.75, 3.05) is 13.6 Å². The van der Waals surface area contributed by atoms with Crippen LogP contribution in [0.4, 0.5) is 0 Å². The molecule has 56 valence electrons. The summed E-state index contributed by atoms with van der Waals surface area (Å²) < 4.78 is 0. The van der Waals surface area contributed by atoms with Crippen LogP contribution in [0.5, 0.6) is 0 Å². The molecule has 8 heavy (non-hydrogen) atoms. The van der Waals surface area contributed by atoms with Gasteiger partial charge in [0.1, 0.15) is 0 Å². The Bertz CT molecular complexity index is 28.0. The number of halogens is 2. The maximum atomic E-state index is 4.81. The van der Waals surface area contributed by atoms with Gasteiger partial charge in [0, 0.05) is 0 Å². The summed E-state index contributed by atoms with van der Waals surface area (Å²) in [7, 11) is 11.4. The van der Waals surface area contributed by atoms with Gasteiger partial charge in [0.15, 0.2) is 0 Å². The molecule has 0 N–H and O–H groups in total. The monoisotopic (exact) mass is 247 g/mol. The van der Waals surface area contributed by atoms with Crippen molar-refractivity contribution in [3.05, 3.63) is 12.2 Å². The molecular weight excluding hydrogens is 239 g/mol. The first-order valence-corrected chi connectivity index (χ1v) is 6.01. The molecule has 0 saturated heterocycles. The Morgan fingerprint density at radius 2 is 2.00 bits per heavy atom. The summed E-state index contributed by atoms with van der Waals surface area (Å²) in [5.74, 6) is 0. The van der Waals surface area contributed by atoms with E-state index in [1.807, 2.05) is 0 Å². The summed E-state index contributed by atoms with van der Waals surface area (Å²) in [5.41, 5.74) is 0. The van der Waals surface area contributed by atoms with E-state index in [9.17, 15) is 0 Å². The molecule has 4 heteroatoms. The fraction of sp³-hybridized carbons (Fsp3) is 0.750. The van der Waals surface area contributed by atoms with E-state index in [-0.39, 0.29) is 15.9 Å². The quantitative estimate of drug-likeness (QED) is 0.527. The van der Waals surface area contributed by atoms with Crippen molar-refractivity contribution in [1.82, 2.24) is 0 Å². The Balaban J connectivity index is 0. The standard InChI is InChI=1S/C4H9N.2ClH.Pd/c1-3-4-5-2;;;/h1,3-4H2,2H3;2*1H;/q-2;;;+2/p-2. The molecule has 0 saturated carbocycles. The maximum absolute atomic E-state index is 4.81. The molecule has 0 atom stereocenters. The van der Waals surface area contributed by atoms with Crippen LogP contribution in [0.15, 0.2) is 0 Å². The van der Waals surface area contributed by atoms with Crippen molar-refractivity contribution < 1.29 is 15.9 Å². The molecule has 0 aromatic heterocycles. The average molecular weight is 248 g/mol. The zero-order valence-electron chi connectivity index (χ0n) is 4.64. The molecule has 0 aliphatic heterocycles. The zero-order valence-corrected chi connectivity index (χ0v) is 7.71. The Kier molecular flexibility index (Phi) is 23.5. The van der Waals surface area contributed by atoms with Gasteiger partial charge in [-0.25, -0.2) is 6.42 Å². The van der Waals surface area contributed by atoms with Crippen LogP contribution in [0, 0.1) is 6.92 Å². The minimum absolute atomic E-state index is 0.106. The molecule has 0 heterocycles. The van der Waals surface area contributed by atoms with Crippen molar-refractivity contribution in [2.45, 2.75) is 6.42 Å². The van der Waals surface area contributed by atoms with Crippen LogP contribution < -0.4 is 0 Å². The van der Waals surface area contributed by atoms with Gasteiger partial charge in [0.25, 0.3) is 0 Å². The number of nitrogens with zero attached hydrogens (tertiary/aromatic N) is 1. The first-order valence-electron chi connectivity index (χ1n) is 2.00. The first-order chi connectivity index (χ1) is 3.83. The van der Waals surface area contributed by atoms with E-state index < -0.39 is 0 Å². The summed E-state index contributed by atoms with van der Waals surface area (Å²) in [6, 6.07) is 0. The van der Waals surface area contributed by atoms with Crippen LogP contribution in [0.3, 0.4) is 0 Å². The van der Waals surface area contributed by atoms with Crippen LogP contribution in [-0.4, -0.2) is 13.6 Å². The van der Waals surface area contributed by atoms with E-state index in [4.69, 9.17) is 19.1 Å². The van der Waals surface area contributed by atoms with E-state index in [2.05, 4.69) is 12.2 Å². The third-order valence-corrected chi connectivity index (χ3v) is 0.382. The number of hydrogen-bond acceptors (Lipinski definition) is 0. The van der Waals surface area contributed by atoms with E-state index in [0.717, 1.165) is 13.0 Å². The average Bonchev–Trinajstić information content (AvgIpc) is 1.71. The number of rotatable bonds is 2. The normalized spacial score (nSPS) is 8.00. The van der Waals surface area contributed by atoms with Crippen molar-refractivity contribution in [3.63, 3.8) is 0 Å². The second-order valence-electron chi connectivity index (χ2n) is 0.939. The topological polar surface area (TPSA) is 14.1 Å². The van der Waals surface area contributed by atoms with Gasteiger partial charge in [-0.1, -0.05) is 0 Å². The molecule has 0 aromatic rings. The molecule has 0 radical (unpaired) electrons. The van der Waals surface area contributed by atoms with Gasteiger partial charge in [-0.2, -0.15) is 13.6 Å². The molecule has 0 bridgehead atoms. The van der Waals surface area contributed by atoms with Crippen molar-refractivity contribution in [1.29, 1.82) is 0 Å². The zero-order chi connectivity index (χ0) is 6.83. The Hall–Kier alpha value is 1.20. The number of hydrogen-bond donors (Lipinski definition) is 0. The molecule has 0 aromatic carbocycles. The Morgan fingerprint density at radius 1 is 1.62 bits per heavy atom. The predicted molar refractivity (Wildman–Crippen MR) is 35.8 cm³/mol. The van der Waals surface area contributed by atoms with E-state index in [0.29, 0.717) is 0 Å². The fourth-order valence-corrected chi connectivity index (χ4v) is 0.158. The van der Waals surface area contributed by atoms with E-state index in [1.54, 1.807) is 7.05 Å². The van der Waals surface area contributed by atoms with Gasteiger partial charge < -0.3 is 12.2 Å². The molecule has 1 nitrogen and oxygen atoms in total. The summed E-state index contributed by atoms with van der Waals surface area (Å²) in [5, 5.41) is 3.79. The Morgan fingerprint density at radius 3 is 2.00 bits per heavy atom. The van der Waals surface area contributed by atoms with Gasteiger partial charge in [0.2, 0.25) is 0 Å². The molecule has 0 amide bonds. The molecule has 0 rings (SSSR count). The minimum atomic E-state index is -0.106. The third-order valence-electron chi connectivity index (χ3n) is 0.382. The van der Waals surface area contributed by atoms with Crippen LogP contribution in [0.1, 0.15) is 6.42 Å². The SMILES string of the molecule is [CH2-]CC[N-]C.[Cl][Pd][Cl]. The van der Waals surface area contributed by atoms with Crippen LogP contribution >= 0.6 is 19.1 Å². The second-order valence-corrected chi connectivity index (χ2v) is 3.30. The van der Waals surface area contributed by atoms with Crippen LogP contribution in [0.25, 0.3) is 5.32 Å². The van der Waals surface area contributed by atoms with Crippen LogP contribution in [-0.2, 0) is 15.9 Å². The van der Waals surface area contributed by atoms with Crippen molar-refractivity contribution in [2.24, 2.45) is 0 Å². The van der Waals surface area contributed by atoms with Crippen molar-refractivity contribution in [3.8, 4) is 0 Å². The fourth-order valence-electron chi connectivity index (χ4n) is 0.158. The van der Waals surface area contributed by atoms with Gasteiger partial charge in [-0.15, -0.1) is 0 Å². The van der Waals surface area contributed by atoms with E-state index >= 15 is 0 Å². The molecule has 0 spiro atoms. The molecular formula is C4H9Cl2NPd-2. The predicted octanol–water partition coefficient (Wildman–Crippen LogP) is 2.59. The van der Waals surface area contributed by atoms with Gasteiger partial charge in [-0.3, -0.25) is 0 Å². The molecule has 0 aliphatic carbocycles. The van der Waals surface area contributed by atoms with E-state index in [1.165, 1.54) is 0 Å². The summed E-state index contributed by atoms with van der Waals surface area (Å²) in [4.78, 5) is 0. The molecule has 0 aliphatic rings. The van der Waals surface area contributed by atoms with Gasteiger partial charge >= 0.3 is 35.0 Å². The van der Waals surface area contributed by atoms with Crippen LogP contribution in [0.2, 0.25) is 0 Å². The van der Waals surface area contributed by atoms with Gasteiger partial charge in [-0.05, 0) is 0 Å².